The zero-order valence-electron chi connectivity index (χ0n) is 10.7. The normalized spacial score (nSPS) is 13.7. The molecule has 0 unspecified atom stereocenters. The van der Waals surface area contributed by atoms with Gasteiger partial charge >= 0.3 is 0 Å². The first-order valence-corrected chi connectivity index (χ1v) is 6.65. The first-order chi connectivity index (χ1) is 9.15. The van der Waals surface area contributed by atoms with E-state index in [-0.39, 0.29) is 12.5 Å². The second kappa shape index (κ2) is 5.94. The van der Waals surface area contributed by atoms with Gasteiger partial charge in [-0.25, -0.2) is 0 Å². The molecule has 1 aliphatic rings. The van der Waals surface area contributed by atoms with Crippen molar-refractivity contribution >= 4 is 17.5 Å². The van der Waals surface area contributed by atoms with E-state index in [0.717, 1.165) is 12.8 Å². The number of amides is 1. The molecular formula is C14H15ClN2O2. The van der Waals surface area contributed by atoms with Crippen molar-refractivity contribution in [2.24, 2.45) is 0 Å². The minimum atomic E-state index is -0.00881. The summed E-state index contributed by atoms with van der Waals surface area (Å²) in [5, 5.41) is 9.10. The highest BCUT2D eigenvalue weighted by Crippen LogP contribution is 2.27. The van der Waals surface area contributed by atoms with Gasteiger partial charge in [0.1, 0.15) is 11.8 Å². The number of hydrogen-bond acceptors (Lipinski definition) is 3. The van der Waals surface area contributed by atoms with Gasteiger partial charge in [0, 0.05) is 18.7 Å². The predicted octanol–water partition coefficient (Wildman–Crippen LogP) is 2.60. The van der Waals surface area contributed by atoms with Crippen LogP contribution in [0, 0.1) is 11.3 Å². The number of hydrogen-bond donors (Lipinski definition) is 0. The molecule has 1 aliphatic carbocycles. The van der Waals surface area contributed by atoms with Crippen molar-refractivity contribution in [3.8, 4) is 11.8 Å². The lowest BCUT2D eigenvalue weighted by Gasteiger charge is -2.20. The van der Waals surface area contributed by atoms with E-state index >= 15 is 0 Å². The average molecular weight is 279 g/mol. The molecule has 1 aromatic carbocycles. The van der Waals surface area contributed by atoms with Gasteiger partial charge in [0.2, 0.25) is 0 Å². The number of nitriles is 1. The molecule has 0 N–H and O–H groups in total. The van der Waals surface area contributed by atoms with Crippen LogP contribution in [0.1, 0.15) is 25.3 Å². The van der Waals surface area contributed by atoms with Gasteiger partial charge in [-0.3, -0.25) is 4.79 Å². The van der Waals surface area contributed by atoms with Gasteiger partial charge in [-0.2, -0.15) is 5.26 Å². The summed E-state index contributed by atoms with van der Waals surface area (Å²) in [4.78, 5) is 13.8. The maximum absolute atomic E-state index is 12.0. The highest BCUT2D eigenvalue weighted by molar-refractivity contribution is 6.31. The van der Waals surface area contributed by atoms with E-state index in [1.54, 1.807) is 18.2 Å². The van der Waals surface area contributed by atoms with E-state index in [1.807, 2.05) is 17.9 Å². The van der Waals surface area contributed by atoms with Gasteiger partial charge in [0.25, 0.3) is 5.91 Å². The number of nitrogens with zero attached hydrogens (tertiary/aromatic N) is 2. The van der Waals surface area contributed by atoms with E-state index in [9.17, 15) is 4.79 Å². The Morgan fingerprint density at radius 2 is 2.32 bits per heavy atom. The number of halogens is 1. The molecular weight excluding hydrogens is 264 g/mol. The number of ether oxygens (including phenoxy) is 1. The molecule has 5 heteroatoms. The van der Waals surface area contributed by atoms with Crippen LogP contribution in [-0.2, 0) is 4.79 Å². The van der Waals surface area contributed by atoms with E-state index in [4.69, 9.17) is 21.6 Å². The van der Waals surface area contributed by atoms with Crippen LogP contribution in [0.2, 0.25) is 5.02 Å². The molecule has 1 amide bonds. The lowest BCUT2D eigenvalue weighted by atomic mass is 10.2. The zero-order valence-corrected chi connectivity index (χ0v) is 11.5. The smallest absolute Gasteiger partial charge is 0.260 e. The molecule has 0 spiro atoms. The molecule has 19 heavy (non-hydrogen) atoms. The van der Waals surface area contributed by atoms with Gasteiger partial charge in [-0.15, -0.1) is 0 Å². The van der Waals surface area contributed by atoms with Crippen molar-refractivity contribution in [1.29, 1.82) is 5.26 Å². The van der Waals surface area contributed by atoms with Gasteiger partial charge in [-0.05, 0) is 31.9 Å². The molecule has 2 rings (SSSR count). The van der Waals surface area contributed by atoms with Crippen LogP contribution in [0.4, 0.5) is 0 Å². The van der Waals surface area contributed by atoms with Crippen molar-refractivity contribution in [2.75, 3.05) is 13.2 Å². The van der Waals surface area contributed by atoms with Crippen molar-refractivity contribution in [3.05, 3.63) is 28.8 Å². The predicted molar refractivity (Wildman–Crippen MR) is 72.1 cm³/mol. The molecule has 1 aromatic rings. The fourth-order valence-corrected chi connectivity index (χ4v) is 2.14. The van der Waals surface area contributed by atoms with Crippen LogP contribution in [0.15, 0.2) is 18.2 Å². The number of rotatable bonds is 5. The van der Waals surface area contributed by atoms with Crippen LogP contribution < -0.4 is 4.74 Å². The van der Waals surface area contributed by atoms with Gasteiger partial charge in [0.05, 0.1) is 10.6 Å². The minimum absolute atomic E-state index is 0.00652. The summed E-state index contributed by atoms with van der Waals surface area (Å²) in [6, 6.07) is 7.15. The Morgan fingerprint density at radius 1 is 1.58 bits per heavy atom. The van der Waals surface area contributed by atoms with Crippen LogP contribution in [0.3, 0.4) is 0 Å². The van der Waals surface area contributed by atoms with E-state index in [1.165, 1.54) is 0 Å². The van der Waals surface area contributed by atoms with Crippen LogP contribution >= 0.6 is 11.6 Å². The third kappa shape index (κ3) is 3.39. The topological polar surface area (TPSA) is 53.3 Å². The van der Waals surface area contributed by atoms with Gasteiger partial charge in [0.15, 0.2) is 6.61 Å². The maximum Gasteiger partial charge on any atom is 0.260 e. The number of likely N-dealkylation sites (N-methyl/N-ethyl adjacent to an activating group) is 1. The van der Waals surface area contributed by atoms with E-state index < -0.39 is 0 Å². The number of carbonyl (C=O) groups is 1. The average Bonchev–Trinajstić information content (AvgIpc) is 3.22. The first kappa shape index (κ1) is 13.7. The fraction of sp³-hybridized carbons (Fsp3) is 0.429. The molecule has 0 aliphatic heterocycles. The fourth-order valence-electron chi connectivity index (χ4n) is 1.93. The molecule has 1 fully saturated rings. The largest absolute Gasteiger partial charge is 0.484 e. The summed E-state index contributed by atoms with van der Waals surface area (Å²) in [5.74, 6) is 0.495. The van der Waals surface area contributed by atoms with Crippen molar-refractivity contribution in [1.82, 2.24) is 4.90 Å². The highest BCUT2D eigenvalue weighted by Gasteiger charge is 2.31. The summed E-state index contributed by atoms with van der Waals surface area (Å²) in [7, 11) is 0. The Bertz CT molecular complexity index is 521. The Balaban J connectivity index is 1.93. The Labute approximate surface area is 117 Å². The molecule has 0 saturated heterocycles. The third-order valence-electron chi connectivity index (χ3n) is 3.07. The van der Waals surface area contributed by atoms with Crippen LogP contribution in [0.25, 0.3) is 0 Å². The summed E-state index contributed by atoms with van der Waals surface area (Å²) >= 11 is 5.90. The quantitative estimate of drug-likeness (QED) is 0.832. The van der Waals surface area contributed by atoms with Crippen LogP contribution in [0.5, 0.6) is 5.75 Å². The van der Waals surface area contributed by atoms with Crippen LogP contribution in [-0.4, -0.2) is 30.0 Å². The number of benzene rings is 1. The van der Waals surface area contributed by atoms with Crippen molar-refractivity contribution in [2.45, 2.75) is 25.8 Å². The van der Waals surface area contributed by atoms with E-state index in [0.29, 0.717) is 28.9 Å². The third-order valence-corrected chi connectivity index (χ3v) is 3.38. The molecule has 1 saturated carbocycles. The number of carbonyl (C=O) groups excluding carboxylic acids is 1. The Morgan fingerprint density at radius 3 is 2.84 bits per heavy atom. The van der Waals surface area contributed by atoms with E-state index in [2.05, 4.69) is 0 Å². The molecule has 4 nitrogen and oxygen atoms in total. The molecule has 100 valence electrons. The SMILES string of the molecule is CCN(C(=O)COc1ccc(C#N)c(Cl)c1)C1CC1. The Kier molecular flexibility index (Phi) is 4.28. The lowest BCUT2D eigenvalue weighted by Crippen LogP contribution is -2.36. The second-order valence-corrected chi connectivity index (χ2v) is 4.86. The van der Waals surface area contributed by atoms with Crippen molar-refractivity contribution in [3.63, 3.8) is 0 Å². The summed E-state index contributed by atoms with van der Waals surface area (Å²) in [5.41, 5.74) is 0.397. The summed E-state index contributed by atoms with van der Waals surface area (Å²) in [6.07, 6.45) is 2.17. The second-order valence-electron chi connectivity index (χ2n) is 4.45. The molecule has 0 atom stereocenters. The highest BCUT2D eigenvalue weighted by atomic mass is 35.5. The van der Waals surface area contributed by atoms with Gasteiger partial charge in [-0.1, -0.05) is 11.6 Å². The summed E-state index contributed by atoms with van der Waals surface area (Å²) < 4.78 is 5.42. The monoisotopic (exact) mass is 278 g/mol. The van der Waals surface area contributed by atoms with Gasteiger partial charge < -0.3 is 9.64 Å². The molecule has 0 radical (unpaired) electrons. The minimum Gasteiger partial charge on any atom is -0.484 e. The Hall–Kier alpha value is -1.73. The first-order valence-electron chi connectivity index (χ1n) is 6.27. The van der Waals surface area contributed by atoms with Crippen molar-refractivity contribution < 1.29 is 9.53 Å². The zero-order chi connectivity index (χ0) is 13.8. The maximum atomic E-state index is 12.0. The molecule has 0 heterocycles. The molecule has 0 bridgehead atoms. The lowest BCUT2D eigenvalue weighted by molar-refractivity contribution is -0.133. The summed E-state index contributed by atoms with van der Waals surface area (Å²) in [6.45, 7) is 2.68. The standard InChI is InChI=1S/C14H15ClN2O2/c1-2-17(11-4-5-11)14(18)9-19-12-6-3-10(8-16)13(15)7-12/h3,6-7,11H,2,4-5,9H2,1H3. The molecule has 0 aromatic heterocycles.